The number of aryl methyl sites for hydroxylation is 1. The first-order valence-electron chi connectivity index (χ1n) is 9.34. The lowest BCUT2D eigenvalue weighted by Crippen LogP contribution is -2.25. The van der Waals surface area contributed by atoms with Crippen LogP contribution in [0, 0.1) is 13.8 Å². The summed E-state index contributed by atoms with van der Waals surface area (Å²) >= 11 is 0. The molecule has 0 saturated carbocycles. The maximum absolute atomic E-state index is 12.8. The number of nitrogens with one attached hydrogen (secondary N) is 1. The summed E-state index contributed by atoms with van der Waals surface area (Å²) in [7, 11) is 0. The first kappa shape index (κ1) is 20.4. The van der Waals surface area contributed by atoms with Gasteiger partial charge in [-0.3, -0.25) is 4.79 Å². The van der Waals surface area contributed by atoms with Crippen LogP contribution in [0.1, 0.15) is 56.3 Å². The summed E-state index contributed by atoms with van der Waals surface area (Å²) in [5.74, 6) is -0.583. The number of aromatic amines is 1. The van der Waals surface area contributed by atoms with Crippen LogP contribution in [0.4, 0.5) is 0 Å². The van der Waals surface area contributed by atoms with Gasteiger partial charge in [-0.05, 0) is 51.5 Å². The Kier molecular flexibility index (Phi) is 5.91. The molecule has 8 nitrogen and oxygen atoms in total. The fourth-order valence-electron chi connectivity index (χ4n) is 3.16. The van der Waals surface area contributed by atoms with E-state index in [1.165, 1.54) is 13.0 Å². The molecule has 2 heterocycles. The molecule has 1 aromatic heterocycles. The second kappa shape index (κ2) is 8.38. The number of carbonyl (C=O) groups is 3. The Morgan fingerprint density at radius 1 is 1.10 bits per heavy atom. The Hall–Kier alpha value is -3.29. The van der Waals surface area contributed by atoms with Gasteiger partial charge in [0.05, 0.1) is 23.4 Å². The third kappa shape index (κ3) is 4.11. The highest BCUT2D eigenvalue weighted by atomic mass is 16.6. The van der Waals surface area contributed by atoms with Gasteiger partial charge in [0.15, 0.2) is 17.6 Å². The minimum Gasteiger partial charge on any atom is -0.486 e. The quantitative estimate of drug-likeness (QED) is 0.586. The molecule has 2 aromatic rings. The summed E-state index contributed by atoms with van der Waals surface area (Å²) in [6.45, 7) is 7.61. The van der Waals surface area contributed by atoms with Crippen molar-refractivity contribution in [1.29, 1.82) is 0 Å². The third-order valence-corrected chi connectivity index (χ3v) is 4.59. The number of rotatable bonds is 6. The van der Waals surface area contributed by atoms with Crippen molar-refractivity contribution in [2.75, 3.05) is 19.8 Å². The fraction of sp³-hybridized carbons (Fsp3) is 0.381. The standard InChI is InChI=1S/C21H23NO7/c1-5-26-21(25)17-11(2)18(22-12(17)3)19(23)13(4)29-20(24)14-6-7-15-16(10-14)28-9-8-27-15/h6-7,10,13,22H,5,8-9H2,1-4H3/t13-/m1/s1. The highest BCUT2D eigenvalue weighted by Crippen LogP contribution is 2.31. The first-order valence-corrected chi connectivity index (χ1v) is 9.34. The monoisotopic (exact) mass is 401 g/mol. The maximum Gasteiger partial charge on any atom is 0.340 e. The van der Waals surface area contributed by atoms with Gasteiger partial charge in [-0.1, -0.05) is 0 Å². The number of aromatic nitrogens is 1. The molecule has 1 N–H and O–H groups in total. The fourth-order valence-corrected chi connectivity index (χ4v) is 3.16. The predicted octanol–water partition coefficient (Wildman–Crippen LogP) is 3.01. The van der Waals surface area contributed by atoms with E-state index in [1.807, 2.05) is 0 Å². The average molecular weight is 401 g/mol. The van der Waals surface area contributed by atoms with Crippen LogP contribution in [0.2, 0.25) is 0 Å². The van der Waals surface area contributed by atoms with Gasteiger partial charge in [0, 0.05) is 5.69 Å². The summed E-state index contributed by atoms with van der Waals surface area (Å²) < 4.78 is 21.3. The van der Waals surface area contributed by atoms with E-state index < -0.39 is 23.8 Å². The number of Topliss-reactive ketones (excluding diaryl/α,β-unsaturated/α-hetero) is 1. The molecule has 0 aliphatic carbocycles. The summed E-state index contributed by atoms with van der Waals surface area (Å²) in [6.07, 6.45) is -1.05. The summed E-state index contributed by atoms with van der Waals surface area (Å²) in [5.41, 5.74) is 1.77. The Morgan fingerprint density at radius 2 is 1.79 bits per heavy atom. The van der Waals surface area contributed by atoms with E-state index in [0.717, 1.165) is 0 Å². The second-order valence-corrected chi connectivity index (χ2v) is 6.62. The van der Waals surface area contributed by atoms with Crippen LogP contribution in [0.15, 0.2) is 18.2 Å². The largest absolute Gasteiger partial charge is 0.486 e. The Morgan fingerprint density at radius 3 is 2.48 bits per heavy atom. The van der Waals surface area contributed by atoms with Crippen molar-refractivity contribution < 1.29 is 33.3 Å². The van der Waals surface area contributed by atoms with E-state index in [4.69, 9.17) is 18.9 Å². The molecule has 0 spiro atoms. The van der Waals surface area contributed by atoms with Crippen LogP contribution in [-0.4, -0.2) is 48.6 Å². The summed E-state index contributed by atoms with van der Waals surface area (Å²) in [4.78, 5) is 40.3. The zero-order valence-corrected chi connectivity index (χ0v) is 16.8. The van der Waals surface area contributed by atoms with Crippen LogP contribution in [0.5, 0.6) is 11.5 Å². The van der Waals surface area contributed by atoms with Crippen molar-refractivity contribution in [3.63, 3.8) is 0 Å². The molecular weight excluding hydrogens is 378 g/mol. The van der Waals surface area contributed by atoms with Crippen LogP contribution >= 0.6 is 0 Å². The lowest BCUT2D eigenvalue weighted by atomic mass is 10.1. The smallest absolute Gasteiger partial charge is 0.340 e. The van der Waals surface area contributed by atoms with Crippen molar-refractivity contribution in [2.24, 2.45) is 0 Å². The van der Waals surface area contributed by atoms with Crippen molar-refractivity contribution in [2.45, 2.75) is 33.8 Å². The number of carbonyl (C=O) groups excluding carboxylic acids is 3. The molecule has 3 rings (SSSR count). The van der Waals surface area contributed by atoms with Gasteiger partial charge in [0.25, 0.3) is 0 Å². The van der Waals surface area contributed by atoms with Gasteiger partial charge in [-0.15, -0.1) is 0 Å². The SMILES string of the molecule is CCOC(=O)c1c(C)[nH]c(C(=O)[C@@H](C)OC(=O)c2ccc3c(c2)OCCO3)c1C. The van der Waals surface area contributed by atoms with Gasteiger partial charge in [0.1, 0.15) is 13.2 Å². The molecule has 154 valence electrons. The zero-order valence-electron chi connectivity index (χ0n) is 16.8. The molecule has 0 bridgehead atoms. The van der Waals surface area contributed by atoms with Crippen LogP contribution < -0.4 is 9.47 Å². The number of hydrogen-bond acceptors (Lipinski definition) is 7. The Bertz CT molecular complexity index is 960. The molecule has 1 aliphatic heterocycles. The van der Waals surface area contributed by atoms with Gasteiger partial charge < -0.3 is 23.9 Å². The van der Waals surface area contributed by atoms with Gasteiger partial charge >= 0.3 is 11.9 Å². The minimum atomic E-state index is -1.05. The number of H-pyrrole nitrogens is 1. The second-order valence-electron chi connectivity index (χ2n) is 6.62. The molecule has 0 radical (unpaired) electrons. The minimum absolute atomic E-state index is 0.216. The van der Waals surface area contributed by atoms with Gasteiger partial charge in [-0.2, -0.15) is 0 Å². The lowest BCUT2D eigenvalue weighted by molar-refractivity contribution is 0.0316. The molecule has 0 amide bonds. The molecule has 1 atom stereocenters. The van der Waals surface area contributed by atoms with E-state index in [1.54, 1.807) is 32.9 Å². The number of ether oxygens (including phenoxy) is 4. The molecular formula is C21H23NO7. The molecule has 29 heavy (non-hydrogen) atoms. The van der Waals surface area contributed by atoms with E-state index >= 15 is 0 Å². The molecule has 1 aliphatic rings. The number of esters is 2. The number of hydrogen-bond donors (Lipinski definition) is 1. The van der Waals surface area contributed by atoms with Crippen molar-refractivity contribution in [3.8, 4) is 11.5 Å². The molecule has 0 unspecified atom stereocenters. The lowest BCUT2D eigenvalue weighted by Gasteiger charge is -2.19. The normalized spacial score (nSPS) is 13.5. The van der Waals surface area contributed by atoms with E-state index in [2.05, 4.69) is 4.98 Å². The maximum atomic E-state index is 12.8. The summed E-state index contributed by atoms with van der Waals surface area (Å²) in [5, 5.41) is 0. The van der Waals surface area contributed by atoms with E-state index in [9.17, 15) is 14.4 Å². The number of ketones is 1. The molecule has 0 saturated heterocycles. The zero-order chi connectivity index (χ0) is 21.1. The van der Waals surface area contributed by atoms with Crippen molar-refractivity contribution >= 4 is 17.7 Å². The Labute approximate surface area is 168 Å². The van der Waals surface area contributed by atoms with Gasteiger partial charge in [-0.25, -0.2) is 9.59 Å². The third-order valence-electron chi connectivity index (χ3n) is 4.59. The number of fused-ring (bicyclic) bond motifs is 1. The average Bonchev–Trinajstić information content (AvgIpc) is 3.01. The Balaban J connectivity index is 1.75. The molecule has 0 fully saturated rings. The predicted molar refractivity (Wildman–Crippen MR) is 103 cm³/mol. The van der Waals surface area contributed by atoms with E-state index in [-0.39, 0.29) is 17.9 Å². The van der Waals surface area contributed by atoms with Crippen molar-refractivity contribution in [1.82, 2.24) is 4.98 Å². The van der Waals surface area contributed by atoms with Crippen LogP contribution in [-0.2, 0) is 9.47 Å². The van der Waals surface area contributed by atoms with Crippen LogP contribution in [0.25, 0.3) is 0 Å². The van der Waals surface area contributed by atoms with Gasteiger partial charge in [0.2, 0.25) is 5.78 Å². The highest BCUT2D eigenvalue weighted by molar-refractivity contribution is 6.04. The number of benzene rings is 1. The molecule has 1 aromatic carbocycles. The van der Waals surface area contributed by atoms with Crippen LogP contribution in [0.3, 0.4) is 0 Å². The highest BCUT2D eigenvalue weighted by Gasteiger charge is 2.28. The summed E-state index contributed by atoms with van der Waals surface area (Å²) in [6, 6.07) is 4.70. The van der Waals surface area contributed by atoms with E-state index in [0.29, 0.717) is 41.5 Å². The topological polar surface area (TPSA) is 104 Å². The van der Waals surface area contributed by atoms with Crippen molar-refractivity contribution in [3.05, 3.63) is 46.3 Å². The first-order chi connectivity index (χ1) is 13.8. The molecule has 8 heteroatoms.